The molecule has 0 saturated carbocycles. The second-order valence-corrected chi connectivity index (χ2v) is 6.70. The van der Waals surface area contributed by atoms with Crippen molar-refractivity contribution in [1.29, 1.82) is 0 Å². The summed E-state index contributed by atoms with van der Waals surface area (Å²) in [7, 11) is 0. The fourth-order valence-electron chi connectivity index (χ4n) is 3.66. The molecular weight excluding hydrogens is 296 g/mol. The summed E-state index contributed by atoms with van der Waals surface area (Å²) in [5, 5.41) is 2.28. The zero-order chi connectivity index (χ0) is 16.7. The van der Waals surface area contributed by atoms with Gasteiger partial charge in [0.15, 0.2) is 5.78 Å². The highest BCUT2D eigenvalue weighted by atomic mass is 16.5. The average Bonchev–Trinajstić information content (AvgIpc) is 2.61. The molecule has 3 aromatic rings. The van der Waals surface area contributed by atoms with Crippen molar-refractivity contribution in [3.63, 3.8) is 0 Å². The number of fused-ring (bicyclic) bond motifs is 2. The maximum Gasteiger partial charge on any atom is 0.188 e. The fourth-order valence-corrected chi connectivity index (χ4v) is 3.66. The van der Waals surface area contributed by atoms with Crippen molar-refractivity contribution < 1.29 is 9.53 Å². The number of Topliss-reactive ketones (excluding diaryl/α,β-unsaturated/α-hetero) is 1. The van der Waals surface area contributed by atoms with Crippen LogP contribution < -0.4 is 0 Å². The number of ketones is 1. The molecule has 0 aromatic heterocycles. The number of carbonyl (C=O) groups is 1. The Labute approximate surface area is 142 Å². The topological polar surface area (TPSA) is 26.3 Å². The summed E-state index contributed by atoms with van der Waals surface area (Å²) in [5.41, 5.74) is 4.13. The lowest BCUT2D eigenvalue weighted by Crippen LogP contribution is -2.26. The van der Waals surface area contributed by atoms with Gasteiger partial charge in [-0.05, 0) is 33.9 Å². The molecule has 1 atom stereocenters. The highest BCUT2D eigenvalue weighted by Gasteiger charge is 2.32. The second-order valence-electron chi connectivity index (χ2n) is 6.70. The molecule has 1 aliphatic rings. The Morgan fingerprint density at radius 2 is 1.71 bits per heavy atom. The van der Waals surface area contributed by atoms with Crippen LogP contribution in [0.15, 0.2) is 60.7 Å². The molecule has 4 rings (SSSR count). The van der Waals surface area contributed by atoms with E-state index in [0.717, 1.165) is 27.6 Å². The first-order chi connectivity index (χ1) is 11.7. The SMILES string of the molecule is CC(C)C1OCC(=O)c2cc3ccccc3c(-c3ccccc3)c21. The fraction of sp³-hybridized carbons (Fsp3) is 0.227. The highest BCUT2D eigenvalue weighted by Crippen LogP contribution is 2.43. The molecule has 3 aromatic carbocycles. The van der Waals surface area contributed by atoms with Crippen LogP contribution in [0.5, 0.6) is 0 Å². The molecule has 0 radical (unpaired) electrons. The Balaban J connectivity index is 2.14. The van der Waals surface area contributed by atoms with E-state index in [1.807, 2.05) is 30.3 Å². The van der Waals surface area contributed by atoms with Crippen molar-refractivity contribution in [1.82, 2.24) is 0 Å². The largest absolute Gasteiger partial charge is 0.365 e. The Hall–Kier alpha value is -2.45. The van der Waals surface area contributed by atoms with Crippen LogP contribution in [0.4, 0.5) is 0 Å². The highest BCUT2D eigenvalue weighted by molar-refractivity contribution is 6.09. The van der Waals surface area contributed by atoms with Crippen LogP contribution in [-0.2, 0) is 4.74 Å². The maximum absolute atomic E-state index is 12.6. The Kier molecular flexibility index (Phi) is 3.70. The van der Waals surface area contributed by atoms with Crippen molar-refractivity contribution in [2.75, 3.05) is 6.61 Å². The minimum Gasteiger partial charge on any atom is -0.365 e. The summed E-state index contributed by atoms with van der Waals surface area (Å²) < 4.78 is 5.94. The lowest BCUT2D eigenvalue weighted by atomic mass is 9.82. The lowest BCUT2D eigenvalue weighted by molar-refractivity contribution is 0.0146. The summed E-state index contributed by atoms with van der Waals surface area (Å²) in [6.07, 6.45) is -0.0579. The molecule has 1 heterocycles. The van der Waals surface area contributed by atoms with Gasteiger partial charge in [-0.2, -0.15) is 0 Å². The number of carbonyl (C=O) groups excluding carboxylic acids is 1. The summed E-state index contributed by atoms with van der Waals surface area (Å²) >= 11 is 0. The van der Waals surface area contributed by atoms with Crippen molar-refractivity contribution >= 4 is 16.6 Å². The first-order valence-corrected chi connectivity index (χ1v) is 8.42. The summed E-state index contributed by atoms with van der Waals surface area (Å²) in [5.74, 6) is 0.380. The number of ether oxygens (including phenoxy) is 1. The number of benzene rings is 3. The van der Waals surface area contributed by atoms with Gasteiger partial charge in [0.05, 0.1) is 6.10 Å². The minimum atomic E-state index is -0.0579. The molecule has 0 N–H and O–H groups in total. The van der Waals surface area contributed by atoms with Crippen LogP contribution in [0.3, 0.4) is 0 Å². The van der Waals surface area contributed by atoms with Gasteiger partial charge < -0.3 is 4.74 Å². The van der Waals surface area contributed by atoms with Gasteiger partial charge in [0, 0.05) is 11.1 Å². The Bertz CT molecular complexity index is 910. The standard InChI is InChI=1S/C22H20O2/c1-14(2)22-21-18(19(23)13-24-22)12-16-10-6-7-11-17(16)20(21)15-8-4-3-5-9-15/h3-12,14,22H,13H2,1-2H3. The first kappa shape index (κ1) is 15.1. The Morgan fingerprint density at radius 1 is 1.00 bits per heavy atom. The number of hydrogen-bond donors (Lipinski definition) is 0. The zero-order valence-corrected chi connectivity index (χ0v) is 14.0. The van der Waals surface area contributed by atoms with E-state index >= 15 is 0 Å². The lowest BCUT2D eigenvalue weighted by Gasteiger charge is -2.31. The van der Waals surface area contributed by atoms with Crippen LogP contribution in [-0.4, -0.2) is 12.4 Å². The van der Waals surface area contributed by atoms with E-state index in [4.69, 9.17) is 4.74 Å². The molecule has 0 amide bonds. The average molecular weight is 316 g/mol. The minimum absolute atomic E-state index is 0.0579. The van der Waals surface area contributed by atoms with Crippen LogP contribution in [0, 0.1) is 5.92 Å². The van der Waals surface area contributed by atoms with E-state index in [0.29, 0.717) is 5.92 Å². The second kappa shape index (κ2) is 5.88. The Morgan fingerprint density at radius 3 is 2.46 bits per heavy atom. The molecule has 0 saturated heterocycles. The first-order valence-electron chi connectivity index (χ1n) is 8.42. The molecule has 1 unspecified atom stereocenters. The van der Waals surface area contributed by atoms with E-state index in [1.165, 1.54) is 5.39 Å². The van der Waals surface area contributed by atoms with Crippen LogP contribution in [0.25, 0.3) is 21.9 Å². The van der Waals surface area contributed by atoms with Crippen LogP contribution >= 0.6 is 0 Å². The molecule has 0 aliphatic carbocycles. The van der Waals surface area contributed by atoms with Gasteiger partial charge in [0.2, 0.25) is 0 Å². The van der Waals surface area contributed by atoms with Gasteiger partial charge in [0.1, 0.15) is 6.61 Å². The third-order valence-electron chi connectivity index (χ3n) is 4.74. The van der Waals surface area contributed by atoms with Gasteiger partial charge >= 0.3 is 0 Å². The molecular formula is C22H20O2. The molecule has 120 valence electrons. The van der Waals surface area contributed by atoms with Crippen molar-refractivity contribution in [2.24, 2.45) is 5.92 Å². The summed E-state index contributed by atoms with van der Waals surface area (Å²) in [6.45, 7) is 4.46. The van der Waals surface area contributed by atoms with E-state index in [-0.39, 0.29) is 18.5 Å². The molecule has 1 aliphatic heterocycles. The smallest absolute Gasteiger partial charge is 0.188 e. The predicted molar refractivity (Wildman–Crippen MR) is 97.2 cm³/mol. The molecule has 0 bridgehead atoms. The van der Waals surface area contributed by atoms with Crippen molar-refractivity contribution in [3.05, 3.63) is 71.8 Å². The monoisotopic (exact) mass is 316 g/mol. The molecule has 2 heteroatoms. The quantitative estimate of drug-likeness (QED) is 0.631. The number of hydrogen-bond acceptors (Lipinski definition) is 2. The third-order valence-corrected chi connectivity index (χ3v) is 4.74. The van der Waals surface area contributed by atoms with Crippen molar-refractivity contribution in [2.45, 2.75) is 20.0 Å². The molecule has 0 fully saturated rings. The summed E-state index contributed by atoms with van der Waals surface area (Å²) in [6, 6.07) is 20.6. The third kappa shape index (κ3) is 2.35. The van der Waals surface area contributed by atoms with E-state index in [1.54, 1.807) is 0 Å². The van der Waals surface area contributed by atoms with E-state index in [9.17, 15) is 4.79 Å². The molecule has 24 heavy (non-hydrogen) atoms. The normalized spacial score (nSPS) is 17.3. The number of rotatable bonds is 2. The van der Waals surface area contributed by atoms with Gasteiger partial charge in [-0.1, -0.05) is 68.4 Å². The van der Waals surface area contributed by atoms with Gasteiger partial charge in [-0.25, -0.2) is 0 Å². The van der Waals surface area contributed by atoms with Crippen molar-refractivity contribution in [3.8, 4) is 11.1 Å². The van der Waals surface area contributed by atoms with Gasteiger partial charge in [-0.3, -0.25) is 4.79 Å². The maximum atomic E-state index is 12.6. The predicted octanol–water partition coefficient (Wildman–Crippen LogP) is 5.42. The zero-order valence-electron chi connectivity index (χ0n) is 14.0. The summed E-state index contributed by atoms with van der Waals surface area (Å²) in [4.78, 5) is 12.6. The van der Waals surface area contributed by atoms with Crippen LogP contribution in [0.2, 0.25) is 0 Å². The van der Waals surface area contributed by atoms with E-state index in [2.05, 4.69) is 44.2 Å². The van der Waals surface area contributed by atoms with Gasteiger partial charge in [0.25, 0.3) is 0 Å². The van der Waals surface area contributed by atoms with E-state index < -0.39 is 0 Å². The van der Waals surface area contributed by atoms with Gasteiger partial charge in [-0.15, -0.1) is 0 Å². The molecule has 0 spiro atoms. The van der Waals surface area contributed by atoms with Crippen LogP contribution in [0.1, 0.15) is 35.9 Å². The molecule has 2 nitrogen and oxygen atoms in total.